The summed E-state index contributed by atoms with van der Waals surface area (Å²) in [5.74, 6) is 1.25. The van der Waals surface area contributed by atoms with E-state index in [1.165, 1.54) is 11.3 Å². The van der Waals surface area contributed by atoms with Crippen LogP contribution in [0.5, 0.6) is 11.5 Å². The lowest BCUT2D eigenvalue weighted by molar-refractivity contribution is 0.0984. The minimum absolute atomic E-state index is 0.154. The number of thiazole rings is 1. The first kappa shape index (κ1) is 22.7. The Morgan fingerprint density at radius 2 is 1.91 bits per heavy atom. The highest BCUT2D eigenvalue weighted by Crippen LogP contribution is 2.35. The van der Waals surface area contributed by atoms with E-state index in [0.29, 0.717) is 42.0 Å². The maximum Gasteiger partial charge on any atom is 0.260 e. The number of unbranched alkanes of at least 4 members (excludes halogenated alkanes) is 1. The van der Waals surface area contributed by atoms with Crippen LogP contribution < -0.4 is 14.4 Å². The Labute approximate surface area is 197 Å². The average molecular weight is 462 g/mol. The van der Waals surface area contributed by atoms with Gasteiger partial charge in [0.05, 0.1) is 30.2 Å². The number of ether oxygens (including phenoxy) is 2. The van der Waals surface area contributed by atoms with Crippen LogP contribution in [0.15, 0.2) is 66.9 Å². The molecule has 0 aliphatic rings. The van der Waals surface area contributed by atoms with Crippen LogP contribution in [0, 0.1) is 0 Å². The molecular weight excluding hydrogens is 434 g/mol. The molecule has 0 bridgehead atoms. The minimum Gasteiger partial charge on any atom is -0.494 e. The zero-order valence-corrected chi connectivity index (χ0v) is 19.7. The van der Waals surface area contributed by atoms with E-state index in [1.54, 1.807) is 23.2 Å². The molecule has 0 aliphatic carbocycles. The van der Waals surface area contributed by atoms with Gasteiger partial charge in [-0.15, -0.1) is 0 Å². The molecule has 0 fully saturated rings. The SMILES string of the molecule is CCCCOc1cccc(C(=O)N(Cc2ccccn2)c2nc3c(OCC)cccc3s2)c1. The lowest BCUT2D eigenvalue weighted by atomic mass is 10.2. The summed E-state index contributed by atoms with van der Waals surface area (Å²) in [4.78, 5) is 24.6. The van der Waals surface area contributed by atoms with Gasteiger partial charge in [-0.2, -0.15) is 0 Å². The number of pyridine rings is 1. The number of para-hydroxylation sites is 1. The summed E-state index contributed by atoms with van der Waals surface area (Å²) < 4.78 is 12.5. The number of hydrogen-bond acceptors (Lipinski definition) is 6. The fourth-order valence-electron chi connectivity index (χ4n) is 3.39. The summed E-state index contributed by atoms with van der Waals surface area (Å²) in [6, 6.07) is 18.8. The molecule has 0 N–H and O–H groups in total. The molecule has 0 radical (unpaired) electrons. The number of carbonyl (C=O) groups excluding carboxylic acids is 1. The third-order valence-electron chi connectivity index (χ3n) is 5.04. The van der Waals surface area contributed by atoms with Gasteiger partial charge in [-0.25, -0.2) is 4.98 Å². The van der Waals surface area contributed by atoms with E-state index in [2.05, 4.69) is 11.9 Å². The van der Waals surface area contributed by atoms with Gasteiger partial charge in [-0.1, -0.05) is 42.9 Å². The molecule has 2 heterocycles. The van der Waals surface area contributed by atoms with Crippen LogP contribution >= 0.6 is 11.3 Å². The summed E-state index contributed by atoms with van der Waals surface area (Å²) in [5.41, 5.74) is 2.09. The molecule has 0 saturated heterocycles. The van der Waals surface area contributed by atoms with Crippen LogP contribution in [0.4, 0.5) is 5.13 Å². The molecule has 0 aliphatic heterocycles. The molecule has 4 aromatic rings. The Morgan fingerprint density at radius 3 is 2.70 bits per heavy atom. The van der Waals surface area contributed by atoms with Crippen molar-refractivity contribution in [2.75, 3.05) is 18.1 Å². The number of hydrogen-bond donors (Lipinski definition) is 0. The second-order valence-corrected chi connectivity index (χ2v) is 8.48. The van der Waals surface area contributed by atoms with Crippen molar-refractivity contribution in [2.45, 2.75) is 33.2 Å². The van der Waals surface area contributed by atoms with Crippen molar-refractivity contribution >= 4 is 32.6 Å². The first-order chi connectivity index (χ1) is 16.2. The van der Waals surface area contributed by atoms with E-state index in [4.69, 9.17) is 14.5 Å². The van der Waals surface area contributed by atoms with Crippen molar-refractivity contribution < 1.29 is 14.3 Å². The molecule has 6 nitrogen and oxygen atoms in total. The van der Waals surface area contributed by atoms with Crippen LogP contribution in [0.2, 0.25) is 0 Å². The van der Waals surface area contributed by atoms with Crippen LogP contribution in [0.1, 0.15) is 42.7 Å². The van der Waals surface area contributed by atoms with Gasteiger partial charge in [0.15, 0.2) is 5.13 Å². The second kappa shape index (κ2) is 10.9. The maximum atomic E-state index is 13.7. The highest BCUT2D eigenvalue weighted by Gasteiger charge is 2.23. The van der Waals surface area contributed by atoms with Crippen molar-refractivity contribution in [3.8, 4) is 11.5 Å². The monoisotopic (exact) mass is 461 g/mol. The van der Waals surface area contributed by atoms with E-state index in [1.807, 2.05) is 55.5 Å². The molecule has 0 saturated carbocycles. The second-order valence-electron chi connectivity index (χ2n) is 7.47. The molecule has 2 aromatic carbocycles. The highest BCUT2D eigenvalue weighted by atomic mass is 32.1. The Balaban J connectivity index is 1.70. The number of carbonyl (C=O) groups is 1. The summed E-state index contributed by atoms with van der Waals surface area (Å²) in [6.07, 6.45) is 3.75. The topological polar surface area (TPSA) is 64.5 Å². The number of amides is 1. The molecule has 1 amide bonds. The van der Waals surface area contributed by atoms with Gasteiger partial charge in [-0.05, 0) is 55.8 Å². The Morgan fingerprint density at radius 1 is 1.03 bits per heavy atom. The van der Waals surface area contributed by atoms with Crippen LogP contribution in [0.25, 0.3) is 10.2 Å². The van der Waals surface area contributed by atoms with Gasteiger partial charge in [-0.3, -0.25) is 14.7 Å². The first-order valence-corrected chi connectivity index (χ1v) is 12.0. The Kier molecular flexibility index (Phi) is 7.52. The lowest BCUT2D eigenvalue weighted by Crippen LogP contribution is -2.30. The van der Waals surface area contributed by atoms with Crippen molar-refractivity contribution in [1.29, 1.82) is 0 Å². The molecule has 0 atom stereocenters. The third-order valence-corrected chi connectivity index (χ3v) is 6.08. The van der Waals surface area contributed by atoms with Crippen molar-refractivity contribution in [2.24, 2.45) is 0 Å². The van der Waals surface area contributed by atoms with E-state index in [-0.39, 0.29) is 5.91 Å². The summed E-state index contributed by atoms with van der Waals surface area (Å²) in [5, 5.41) is 0.602. The molecule has 4 rings (SSSR count). The molecule has 33 heavy (non-hydrogen) atoms. The molecule has 0 spiro atoms. The number of nitrogens with zero attached hydrogens (tertiary/aromatic N) is 3. The minimum atomic E-state index is -0.154. The van der Waals surface area contributed by atoms with Gasteiger partial charge in [0, 0.05) is 11.8 Å². The van der Waals surface area contributed by atoms with Gasteiger partial charge in [0.1, 0.15) is 17.0 Å². The number of benzene rings is 2. The van der Waals surface area contributed by atoms with E-state index in [0.717, 1.165) is 28.8 Å². The molecule has 0 unspecified atom stereocenters. The van der Waals surface area contributed by atoms with E-state index < -0.39 is 0 Å². The van der Waals surface area contributed by atoms with Gasteiger partial charge >= 0.3 is 0 Å². The van der Waals surface area contributed by atoms with Crippen LogP contribution in [-0.2, 0) is 6.54 Å². The van der Waals surface area contributed by atoms with Crippen molar-refractivity contribution in [3.05, 3.63) is 78.1 Å². The normalized spacial score (nSPS) is 10.8. The zero-order valence-electron chi connectivity index (χ0n) is 18.9. The predicted octanol–water partition coefficient (Wildman–Crippen LogP) is 6.12. The Bertz CT molecular complexity index is 1210. The largest absolute Gasteiger partial charge is 0.494 e. The van der Waals surface area contributed by atoms with E-state index in [9.17, 15) is 4.79 Å². The van der Waals surface area contributed by atoms with Crippen molar-refractivity contribution in [3.63, 3.8) is 0 Å². The van der Waals surface area contributed by atoms with Crippen molar-refractivity contribution in [1.82, 2.24) is 9.97 Å². The third kappa shape index (κ3) is 5.49. The smallest absolute Gasteiger partial charge is 0.260 e. The molecule has 7 heteroatoms. The fourth-order valence-corrected chi connectivity index (χ4v) is 4.37. The first-order valence-electron chi connectivity index (χ1n) is 11.2. The summed E-state index contributed by atoms with van der Waals surface area (Å²) >= 11 is 1.46. The zero-order chi connectivity index (χ0) is 23.0. The Hall–Kier alpha value is -3.45. The summed E-state index contributed by atoms with van der Waals surface area (Å²) in [7, 11) is 0. The fraction of sp³-hybridized carbons (Fsp3) is 0.269. The predicted molar refractivity (Wildman–Crippen MR) is 132 cm³/mol. The highest BCUT2D eigenvalue weighted by molar-refractivity contribution is 7.22. The maximum absolute atomic E-state index is 13.7. The lowest BCUT2D eigenvalue weighted by Gasteiger charge is -2.20. The average Bonchev–Trinajstić information content (AvgIpc) is 3.28. The number of aromatic nitrogens is 2. The quantitative estimate of drug-likeness (QED) is 0.266. The number of fused-ring (bicyclic) bond motifs is 1. The van der Waals surface area contributed by atoms with E-state index >= 15 is 0 Å². The van der Waals surface area contributed by atoms with Gasteiger partial charge in [0.2, 0.25) is 0 Å². The van der Waals surface area contributed by atoms with Gasteiger partial charge < -0.3 is 9.47 Å². The molecule has 2 aromatic heterocycles. The molecular formula is C26H27N3O3S. The number of anilines is 1. The van der Waals surface area contributed by atoms with Crippen LogP contribution in [-0.4, -0.2) is 29.1 Å². The summed E-state index contributed by atoms with van der Waals surface area (Å²) in [6.45, 7) is 5.55. The standard InChI is InChI=1S/C26H27N3O3S/c1-3-5-16-32-21-12-8-10-19(17-21)25(30)29(18-20-11-6-7-15-27-20)26-28-24-22(31-4-2)13-9-14-23(24)33-26/h6-15,17H,3-5,16,18H2,1-2H3. The number of rotatable bonds is 10. The molecule has 170 valence electrons. The van der Waals surface area contributed by atoms with Gasteiger partial charge in [0.25, 0.3) is 5.91 Å². The van der Waals surface area contributed by atoms with Crippen LogP contribution in [0.3, 0.4) is 0 Å².